The molecule has 0 amide bonds. The van der Waals surface area contributed by atoms with E-state index >= 15 is 0 Å². The molecule has 0 heterocycles. The molecule has 0 unspecified atom stereocenters. The molecule has 2 nitrogen and oxygen atoms in total. The summed E-state index contributed by atoms with van der Waals surface area (Å²) < 4.78 is 4.50. The van der Waals surface area contributed by atoms with Crippen molar-refractivity contribution in [3.63, 3.8) is 0 Å². The van der Waals surface area contributed by atoms with Gasteiger partial charge >= 0.3 is 46.5 Å². The van der Waals surface area contributed by atoms with Crippen LogP contribution in [0, 0.1) is 6.57 Å². The van der Waals surface area contributed by atoms with Crippen LogP contribution < -0.4 is 0 Å². The van der Waals surface area contributed by atoms with Crippen molar-refractivity contribution in [2.45, 2.75) is 52.7 Å². The Morgan fingerprint density at radius 1 is 1.08 bits per heavy atom. The van der Waals surface area contributed by atoms with Crippen LogP contribution in [-0.4, -0.2) is 11.1 Å². The van der Waals surface area contributed by atoms with Gasteiger partial charge in [0.1, 0.15) is 0 Å². The summed E-state index contributed by atoms with van der Waals surface area (Å²) in [4.78, 5) is 3.27. The fourth-order valence-corrected chi connectivity index (χ4v) is 0. The van der Waals surface area contributed by atoms with E-state index in [1.54, 1.807) is 0 Å². The third-order valence-electron chi connectivity index (χ3n) is 0.520. The van der Waals surface area contributed by atoms with Gasteiger partial charge in [-0.15, -0.1) is 0 Å². The van der Waals surface area contributed by atoms with Gasteiger partial charge in [0.15, 0.2) is 0 Å². The minimum atomic E-state index is -0.167. The van der Waals surface area contributed by atoms with Crippen molar-refractivity contribution in [3.05, 3.63) is 11.4 Å². The Bertz CT molecular complexity index is 147. The smallest absolute Gasteiger partial charge is 0.224 e. The molecule has 0 aromatic rings. The maximum Gasteiger partial charge on any atom is 0.224 e. The van der Waals surface area contributed by atoms with Crippen LogP contribution >= 0.6 is 0 Å². The second-order valence-electron chi connectivity index (χ2n) is 4.46. The van der Waals surface area contributed by atoms with Gasteiger partial charge in [-0.3, -0.25) is 0 Å². The van der Waals surface area contributed by atoms with Gasteiger partial charge in [0, 0.05) is 20.8 Å². The van der Waals surface area contributed by atoms with Crippen LogP contribution in [0.1, 0.15) is 41.5 Å². The standard InChI is InChI=1S/C5H9N.C4H9O.Cu/c1-5(2,3)6-4;1-4(2,3)5;/h1-3H3;1-3H3;/q;-1;+1. The fraction of sp³-hybridized carbons (Fsp3) is 0.889. The molecule has 0 N–H and O–H groups in total. The molecule has 0 bridgehead atoms. The van der Waals surface area contributed by atoms with E-state index in [1.165, 1.54) is 0 Å². The Balaban J connectivity index is 0. The number of rotatable bonds is 0. The van der Waals surface area contributed by atoms with Gasteiger partial charge in [-0.05, 0) is 0 Å². The summed E-state index contributed by atoms with van der Waals surface area (Å²) in [5, 5.41) is 0. The number of hydrogen-bond donors (Lipinski definition) is 0. The molecule has 0 aliphatic heterocycles. The maximum absolute atomic E-state index is 6.48. The average Bonchev–Trinajstić information content (AvgIpc) is 1.86. The zero-order valence-corrected chi connectivity index (χ0v) is 9.60. The quantitative estimate of drug-likeness (QED) is 0.451. The second-order valence-corrected chi connectivity index (χ2v) is 4.65. The second kappa shape index (κ2) is 5.59. The van der Waals surface area contributed by atoms with Crippen LogP contribution in [0.3, 0.4) is 0 Å². The Hall–Kier alpha value is -0.0305. The van der Waals surface area contributed by atoms with Gasteiger partial charge in [-0.25, -0.2) is 6.57 Å². The molecule has 0 fully saturated rings. The van der Waals surface area contributed by atoms with E-state index in [0.29, 0.717) is 0 Å². The minimum absolute atomic E-state index is 0.153. The summed E-state index contributed by atoms with van der Waals surface area (Å²) in [5.41, 5.74) is -0.319. The maximum atomic E-state index is 6.48. The summed E-state index contributed by atoms with van der Waals surface area (Å²) in [6.07, 6.45) is 0. The van der Waals surface area contributed by atoms with Gasteiger partial charge in [0.25, 0.3) is 0 Å². The van der Waals surface area contributed by atoms with Crippen molar-refractivity contribution < 1.29 is 20.2 Å². The third-order valence-corrected chi connectivity index (χ3v) is 1.10. The van der Waals surface area contributed by atoms with Gasteiger partial charge in [-0.2, -0.15) is 0 Å². The minimum Gasteiger partial charge on any atom is -0.311 e. The van der Waals surface area contributed by atoms with Crippen LogP contribution in [-0.2, 0) is 20.2 Å². The van der Waals surface area contributed by atoms with E-state index in [4.69, 9.17) is 6.57 Å². The molecule has 0 radical (unpaired) electrons. The van der Waals surface area contributed by atoms with E-state index in [-0.39, 0.29) is 11.1 Å². The SMILES string of the molecule is CC(C)(C)[O][Cu].[C-]#[N+]C(C)(C)C. The first-order valence-corrected chi connectivity index (χ1v) is 4.16. The van der Waals surface area contributed by atoms with Gasteiger partial charge in [0.05, 0.1) is 0 Å². The molecule has 76 valence electrons. The molecule has 0 saturated heterocycles. The molecule has 0 aliphatic rings. The Kier molecular flexibility index (Phi) is 6.75. The summed E-state index contributed by atoms with van der Waals surface area (Å²) in [7, 11) is 0. The Morgan fingerprint density at radius 3 is 1.25 bits per heavy atom. The van der Waals surface area contributed by atoms with Gasteiger partial charge in [-0.1, -0.05) is 0 Å². The van der Waals surface area contributed by atoms with Crippen molar-refractivity contribution in [3.8, 4) is 0 Å². The molecule has 0 aromatic heterocycles. The Morgan fingerprint density at radius 2 is 1.25 bits per heavy atom. The van der Waals surface area contributed by atoms with Crippen LogP contribution in [0.2, 0.25) is 0 Å². The van der Waals surface area contributed by atoms with E-state index in [1.807, 2.05) is 41.5 Å². The Labute approximate surface area is 84.6 Å². The molecular weight excluding hydrogens is 202 g/mol. The largest absolute Gasteiger partial charge is 0.311 e. The van der Waals surface area contributed by atoms with E-state index in [0.717, 1.165) is 0 Å². The summed E-state index contributed by atoms with van der Waals surface area (Å²) in [6, 6.07) is 0. The van der Waals surface area contributed by atoms with Crippen LogP contribution in [0.25, 0.3) is 4.85 Å². The number of nitrogens with zero attached hydrogens (tertiary/aromatic N) is 1. The fourth-order valence-electron chi connectivity index (χ4n) is 0. The molecule has 0 atom stereocenters. The first-order valence-electron chi connectivity index (χ1n) is 3.77. The van der Waals surface area contributed by atoms with Gasteiger partial charge in [0.2, 0.25) is 5.54 Å². The zero-order chi connectivity index (χ0) is 10.4. The topological polar surface area (TPSA) is 13.6 Å². The number of hydrogen-bond acceptors (Lipinski definition) is 1. The van der Waals surface area contributed by atoms with Crippen molar-refractivity contribution in [1.29, 1.82) is 0 Å². The summed E-state index contributed by atoms with van der Waals surface area (Å²) >= 11 is 4.42. The predicted octanol–water partition coefficient (Wildman–Crippen LogP) is 2.97. The molecule has 0 spiro atoms. The van der Waals surface area contributed by atoms with Crippen LogP contribution in [0.5, 0.6) is 0 Å². The third kappa shape index (κ3) is 22.5. The monoisotopic (exact) mass is 219 g/mol. The van der Waals surface area contributed by atoms with Crippen molar-refractivity contribution >= 4 is 0 Å². The van der Waals surface area contributed by atoms with Crippen molar-refractivity contribution in [2.24, 2.45) is 0 Å². The molecule has 0 aromatic carbocycles. The van der Waals surface area contributed by atoms with Crippen molar-refractivity contribution in [1.82, 2.24) is 0 Å². The van der Waals surface area contributed by atoms with Crippen LogP contribution in [0.15, 0.2) is 0 Å². The van der Waals surface area contributed by atoms with Crippen LogP contribution in [0.4, 0.5) is 0 Å². The first-order chi connectivity index (χ1) is 5.12. The molecule has 3 heteroatoms. The molecule has 0 aliphatic carbocycles. The molecule has 0 rings (SSSR count). The summed E-state index contributed by atoms with van der Waals surface area (Å²) in [6.45, 7) is 17.9. The molecule has 0 saturated carbocycles. The van der Waals surface area contributed by atoms with E-state index in [9.17, 15) is 0 Å². The molecular formula is C9H18CuNO. The van der Waals surface area contributed by atoms with Crippen molar-refractivity contribution in [2.75, 3.05) is 0 Å². The first kappa shape index (κ1) is 14.5. The molecule has 12 heavy (non-hydrogen) atoms. The summed E-state index contributed by atoms with van der Waals surface area (Å²) in [5.74, 6) is 0. The predicted molar refractivity (Wildman–Crippen MR) is 47.2 cm³/mol. The van der Waals surface area contributed by atoms with Gasteiger partial charge < -0.3 is 4.85 Å². The van der Waals surface area contributed by atoms with E-state index < -0.39 is 0 Å². The average molecular weight is 220 g/mol. The normalized spacial score (nSPS) is 11.2. The van der Waals surface area contributed by atoms with E-state index in [2.05, 4.69) is 25.0 Å². The zero-order valence-electron chi connectivity index (χ0n) is 8.66.